The van der Waals surface area contributed by atoms with Crippen LogP contribution in [0.4, 0.5) is 8.78 Å². The van der Waals surface area contributed by atoms with E-state index in [-0.39, 0.29) is 43.4 Å². The number of ether oxygens (including phenoxy) is 4. The lowest BCUT2D eigenvalue weighted by Gasteiger charge is -2.29. The van der Waals surface area contributed by atoms with Crippen molar-refractivity contribution < 1.29 is 42.4 Å². The molecule has 5 atom stereocenters. The van der Waals surface area contributed by atoms with Crippen LogP contribution in [0.3, 0.4) is 0 Å². The van der Waals surface area contributed by atoms with Gasteiger partial charge in [0.15, 0.2) is 6.29 Å². The second-order valence-corrected chi connectivity index (χ2v) is 8.16. The summed E-state index contributed by atoms with van der Waals surface area (Å²) in [6.07, 6.45) is 3.65. The lowest BCUT2D eigenvalue weighted by molar-refractivity contribution is -0.198. The third-order valence-electron chi connectivity index (χ3n) is 5.97. The first-order valence-electron chi connectivity index (χ1n) is 10.8. The molecule has 0 bridgehead atoms. The Morgan fingerprint density at radius 1 is 1.13 bits per heavy atom. The Labute approximate surface area is 176 Å². The van der Waals surface area contributed by atoms with Crippen molar-refractivity contribution in [2.45, 2.75) is 89.1 Å². The summed E-state index contributed by atoms with van der Waals surface area (Å²) in [5.74, 6) is -5.72. The summed E-state index contributed by atoms with van der Waals surface area (Å²) in [6.45, 7) is 1.88. The molecule has 0 aromatic carbocycles. The molecule has 1 saturated carbocycles. The summed E-state index contributed by atoms with van der Waals surface area (Å²) in [5, 5.41) is 9.97. The van der Waals surface area contributed by atoms with Crippen molar-refractivity contribution in [1.82, 2.24) is 0 Å². The van der Waals surface area contributed by atoms with E-state index >= 15 is 0 Å². The molecule has 30 heavy (non-hydrogen) atoms. The first kappa shape index (κ1) is 24.9. The van der Waals surface area contributed by atoms with Gasteiger partial charge in [0.25, 0.3) is 0 Å². The van der Waals surface area contributed by atoms with E-state index in [1.165, 1.54) is 6.92 Å². The summed E-state index contributed by atoms with van der Waals surface area (Å²) in [5.41, 5.74) is 0. The fourth-order valence-corrected chi connectivity index (χ4v) is 4.46. The highest BCUT2D eigenvalue weighted by molar-refractivity contribution is 5.77. The predicted octanol–water partition coefficient (Wildman–Crippen LogP) is 3.22. The molecule has 1 N–H and O–H groups in total. The number of carbonyl (C=O) groups excluding carboxylic acids is 2. The summed E-state index contributed by atoms with van der Waals surface area (Å²) >= 11 is 0. The number of unbranched alkanes of at least 4 members (excludes halogenated alkanes) is 2. The molecule has 2 aliphatic rings. The number of halogens is 2. The molecule has 1 aliphatic heterocycles. The molecule has 1 unspecified atom stereocenters. The van der Waals surface area contributed by atoms with Crippen LogP contribution in [0, 0.1) is 11.8 Å². The van der Waals surface area contributed by atoms with Crippen LogP contribution in [-0.4, -0.2) is 61.8 Å². The molecule has 0 spiro atoms. The summed E-state index contributed by atoms with van der Waals surface area (Å²) in [6, 6.07) is 0. The van der Waals surface area contributed by atoms with Crippen LogP contribution in [0.25, 0.3) is 0 Å². The quantitative estimate of drug-likeness (QED) is 0.393. The molecule has 9 heteroatoms. The van der Waals surface area contributed by atoms with E-state index in [2.05, 4.69) is 4.74 Å². The smallest absolute Gasteiger partial charge is 0.376 e. The van der Waals surface area contributed by atoms with E-state index in [0.29, 0.717) is 32.3 Å². The highest BCUT2D eigenvalue weighted by Gasteiger charge is 2.46. The molecule has 1 aliphatic carbocycles. The Bertz CT molecular complexity index is 551. The van der Waals surface area contributed by atoms with Gasteiger partial charge in [0, 0.05) is 44.8 Å². The van der Waals surface area contributed by atoms with Crippen LogP contribution >= 0.6 is 0 Å². The van der Waals surface area contributed by atoms with E-state index in [4.69, 9.17) is 14.2 Å². The molecule has 0 radical (unpaired) electrons. The van der Waals surface area contributed by atoms with Crippen LogP contribution in [0.2, 0.25) is 0 Å². The van der Waals surface area contributed by atoms with Gasteiger partial charge in [-0.1, -0.05) is 12.8 Å². The van der Waals surface area contributed by atoms with Crippen LogP contribution in [0.1, 0.15) is 64.7 Å². The SMILES string of the molecule is COC(=O)C(F)(F)CCCCC[C@@H]1[C@H](CO)[C@H](OC2CCCCO2)C[C@@H]1OC(C)=O. The van der Waals surface area contributed by atoms with Crippen molar-refractivity contribution in [3.05, 3.63) is 0 Å². The number of hydrogen-bond acceptors (Lipinski definition) is 7. The predicted molar refractivity (Wildman–Crippen MR) is 103 cm³/mol. The molecular weight excluding hydrogens is 402 g/mol. The van der Waals surface area contributed by atoms with Crippen LogP contribution in [-0.2, 0) is 28.5 Å². The molecule has 0 aromatic heterocycles. The van der Waals surface area contributed by atoms with Crippen molar-refractivity contribution in [3.63, 3.8) is 0 Å². The fourth-order valence-electron chi connectivity index (χ4n) is 4.46. The molecule has 2 fully saturated rings. The van der Waals surface area contributed by atoms with Gasteiger partial charge in [-0.2, -0.15) is 8.78 Å². The topological polar surface area (TPSA) is 91.3 Å². The van der Waals surface area contributed by atoms with E-state index in [1.54, 1.807) is 0 Å². The third kappa shape index (κ3) is 7.13. The minimum absolute atomic E-state index is 0.111. The molecule has 1 heterocycles. The van der Waals surface area contributed by atoms with Gasteiger partial charge in [-0.15, -0.1) is 0 Å². The van der Waals surface area contributed by atoms with E-state index < -0.39 is 24.3 Å². The second-order valence-electron chi connectivity index (χ2n) is 8.16. The highest BCUT2D eigenvalue weighted by Crippen LogP contribution is 2.40. The van der Waals surface area contributed by atoms with Crippen molar-refractivity contribution in [2.24, 2.45) is 11.8 Å². The van der Waals surface area contributed by atoms with E-state index in [0.717, 1.165) is 26.4 Å². The van der Waals surface area contributed by atoms with Crippen LogP contribution in [0.5, 0.6) is 0 Å². The standard InChI is InChI=1S/C21H34F2O7/c1-14(25)29-17-12-18(30-19-9-5-7-11-28-19)16(13-24)15(17)8-4-3-6-10-21(22,23)20(26)27-2/h15-19,24H,3-13H2,1-2H3/t15-,16+,17+,18-,19?/m1/s1. The fraction of sp³-hybridized carbons (Fsp3) is 0.905. The van der Waals surface area contributed by atoms with Crippen molar-refractivity contribution in [3.8, 4) is 0 Å². The summed E-state index contributed by atoms with van der Waals surface area (Å²) in [7, 11) is 0.942. The minimum Gasteiger partial charge on any atom is -0.465 e. The second kappa shape index (κ2) is 11.9. The summed E-state index contributed by atoms with van der Waals surface area (Å²) in [4.78, 5) is 22.6. The first-order chi connectivity index (χ1) is 14.3. The molecule has 2 rings (SSSR count). The number of methoxy groups -OCH3 is 1. The number of esters is 2. The average Bonchev–Trinajstić information content (AvgIpc) is 3.02. The van der Waals surface area contributed by atoms with Gasteiger partial charge in [0.05, 0.1) is 13.2 Å². The zero-order valence-corrected chi connectivity index (χ0v) is 17.8. The Balaban J connectivity index is 1.88. The van der Waals surface area contributed by atoms with E-state index in [1.807, 2.05) is 0 Å². The number of aliphatic hydroxyl groups is 1. The minimum atomic E-state index is -3.48. The molecule has 1 saturated heterocycles. The molecule has 174 valence electrons. The Hall–Kier alpha value is -1.32. The Morgan fingerprint density at radius 3 is 2.50 bits per heavy atom. The van der Waals surface area contributed by atoms with Crippen molar-refractivity contribution in [2.75, 3.05) is 20.3 Å². The largest absolute Gasteiger partial charge is 0.465 e. The van der Waals surface area contributed by atoms with Gasteiger partial charge in [-0.3, -0.25) is 4.79 Å². The number of carbonyl (C=O) groups is 2. The van der Waals surface area contributed by atoms with E-state index in [9.17, 15) is 23.5 Å². The normalized spacial score (nSPS) is 29.6. The number of alkyl halides is 2. The maximum atomic E-state index is 13.5. The molecular formula is C21H34F2O7. The maximum Gasteiger partial charge on any atom is 0.376 e. The van der Waals surface area contributed by atoms with Gasteiger partial charge in [0.2, 0.25) is 0 Å². The lowest BCUT2D eigenvalue weighted by atomic mass is 9.89. The zero-order chi connectivity index (χ0) is 22.1. The highest BCUT2D eigenvalue weighted by atomic mass is 19.3. The van der Waals surface area contributed by atoms with Gasteiger partial charge in [-0.05, 0) is 32.1 Å². The third-order valence-corrected chi connectivity index (χ3v) is 5.97. The van der Waals surface area contributed by atoms with Crippen molar-refractivity contribution in [1.29, 1.82) is 0 Å². The maximum absolute atomic E-state index is 13.5. The lowest BCUT2D eigenvalue weighted by Crippen LogP contribution is -2.33. The number of hydrogen-bond donors (Lipinski definition) is 1. The molecule has 7 nitrogen and oxygen atoms in total. The monoisotopic (exact) mass is 436 g/mol. The van der Waals surface area contributed by atoms with Gasteiger partial charge < -0.3 is 24.1 Å². The van der Waals surface area contributed by atoms with Gasteiger partial charge in [-0.25, -0.2) is 4.79 Å². The van der Waals surface area contributed by atoms with Crippen LogP contribution in [0.15, 0.2) is 0 Å². The Morgan fingerprint density at radius 2 is 1.90 bits per heavy atom. The zero-order valence-electron chi connectivity index (χ0n) is 17.8. The van der Waals surface area contributed by atoms with Gasteiger partial charge >= 0.3 is 17.9 Å². The Kier molecular flexibility index (Phi) is 9.90. The average molecular weight is 436 g/mol. The number of rotatable bonds is 11. The summed E-state index contributed by atoms with van der Waals surface area (Å²) < 4.78 is 48.4. The number of aliphatic hydroxyl groups excluding tert-OH is 1. The van der Waals surface area contributed by atoms with Crippen LogP contribution < -0.4 is 0 Å². The molecule has 0 aromatic rings. The first-order valence-corrected chi connectivity index (χ1v) is 10.8. The van der Waals surface area contributed by atoms with Gasteiger partial charge in [0.1, 0.15) is 6.10 Å². The molecule has 0 amide bonds. The van der Waals surface area contributed by atoms with Crippen molar-refractivity contribution >= 4 is 11.9 Å².